The van der Waals surface area contributed by atoms with Gasteiger partial charge in [-0.3, -0.25) is 10.2 Å². The van der Waals surface area contributed by atoms with Crippen molar-refractivity contribution < 1.29 is 9.90 Å². The van der Waals surface area contributed by atoms with Crippen LogP contribution < -0.4 is 5.73 Å². The van der Waals surface area contributed by atoms with Crippen molar-refractivity contribution in [1.29, 1.82) is 5.41 Å². The van der Waals surface area contributed by atoms with Gasteiger partial charge in [-0.2, -0.15) is 0 Å². The first kappa shape index (κ1) is 25.8. The quantitative estimate of drug-likeness (QED) is 0.581. The van der Waals surface area contributed by atoms with E-state index in [0.717, 1.165) is 27.9 Å². The lowest BCUT2D eigenvalue weighted by molar-refractivity contribution is 0.0962. The maximum Gasteiger partial charge on any atom is 0.182 e. The number of amidine groups is 1. The number of carbonyl (C=O) groups excluding carboxylic acids is 1. The van der Waals surface area contributed by atoms with Crippen LogP contribution in [-0.2, 0) is 23.9 Å². The Morgan fingerprint density at radius 3 is 2.12 bits per heavy atom. The number of phenolic OH excluding ortho intramolecular Hbond substituents is 1. The fourth-order valence-corrected chi connectivity index (χ4v) is 4.00. The van der Waals surface area contributed by atoms with Crippen molar-refractivity contribution in [2.45, 2.75) is 72.4 Å². The molecular weight excluding hydrogens is 424 g/mol. The number of aromatic nitrogens is 1. The second-order valence-electron chi connectivity index (χ2n) is 10.5. The smallest absolute Gasteiger partial charge is 0.182 e. The van der Waals surface area contributed by atoms with Gasteiger partial charge in [0.25, 0.3) is 0 Å². The number of nitrogens with two attached hydrogens (primary N) is 1. The van der Waals surface area contributed by atoms with Crippen molar-refractivity contribution in [1.82, 2.24) is 9.88 Å². The van der Waals surface area contributed by atoms with Gasteiger partial charge in [-0.05, 0) is 41.5 Å². The molecule has 0 radical (unpaired) electrons. The molecule has 1 aliphatic rings. The summed E-state index contributed by atoms with van der Waals surface area (Å²) in [5, 5.41) is 19.4. The van der Waals surface area contributed by atoms with Crippen molar-refractivity contribution in [3.63, 3.8) is 0 Å². The van der Waals surface area contributed by atoms with Gasteiger partial charge in [-0.15, -0.1) is 12.4 Å². The van der Waals surface area contributed by atoms with E-state index in [1.165, 1.54) is 0 Å². The van der Waals surface area contributed by atoms with Crippen LogP contribution in [0.2, 0.25) is 0 Å². The third-order valence-electron chi connectivity index (χ3n) is 5.90. The van der Waals surface area contributed by atoms with E-state index < -0.39 is 0 Å². The summed E-state index contributed by atoms with van der Waals surface area (Å²) >= 11 is 0. The number of hydrogen-bond acceptors (Lipinski definition) is 5. The van der Waals surface area contributed by atoms with Gasteiger partial charge in [0.2, 0.25) is 0 Å². The number of pyridine rings is 1. The highest BCUT2D eigenvalue weighted by Gasteiger charge is 2.31. The molecule has 0 aliphatic carbocycles. The highest BCUT2D eigenvalue weighted by molar-refractivity contribution is 6.04. The molecule has 4 N–H and O–H groups in total. The highest BCUT2D eigenvalue weighted by atomic mass is 35.5. The number of phenols is 1. The van der Waals surface area contributed by atoms with Gasteiger partial charge in [0.05, 0.1) is 6.54 Å². The number of fused-ring (bicyclic) bond motifs is 1. The topological polar surface area (TPSA) is 103 Å². The molecule has 1 aromatic heterocycles. The number of rotatable bonds is 4. The molecule has 0 amide bonds. The normalized spacial score (nSPS) is 13.8. The Morgan fingerprint density at radius 2 is 1.66 bits per heavy atom. The Labute approximate surface area is 197 Å². The molecule has 174 valence electrons. The summed E-state index contributed by atoms with van der Waals surface area (Å²) in [5.41, 5.74) is 10.6. The number of ketones is 1. The molecule has 0 spiro atoms. The highest BCUT2D eigenvalue weighted by Crippen LogP contribution is 2.40. The number of halogens is 1. The molecule has 0 saturated carbocycles. The van der Waals surface area contributed by atoms with Crippen LogP contribution in [0.15, 0.2) is 18.2 Å². The number of aryl methyl sites for hydroxylation is 1. The molecule has 7 heteroatoms. The van der Waals surface area contributed by atoms with Crippen LogP contribution in [0.25, 0.3) is 0 Å². The monoisotopic (exact) mass is 458 g/mol. The second kappa shape index (κ2) is 8.83. The molecule has 0 saturated heterocycles. The molecule has 3 rings (SSSR count). The van der Waals surface area contributed by atoms with E-state index in [0.29, 0.717) is 24.3 Å². The average Bonchev–Trinajstić information content (AvgIpc) is 2.94. The van der Waals surface area contributed by atoms with Crippen molar-refractivity contribution in [2.75, 3.05) is 6.54 Å². The van der Waals surface area contributed by atoms with Crippen LogP contribution >= 0.6 is 12.4 Å². The third kappa shape index (κ3) is 4.81. The van der Waals surface area contributed by atoms with Gasteiger partial charge in [-0.1, -0.05) is 41.5 Å². The van der Waals surface area contributed by atoms with E-state index in [4.69, 9.17) is 11.1 Å². The minimum Gasteiger partial charge on any atom is -0.507 e. The van der Waals surface area contributed by atoms with Crippen LogP contribution in [0.1, 0.15) is 85.5 Å². The van der Waals surface area contributed by atoms with Crippen LogP contribution in [-0.4, -0.2) is 33.2 Å². The number of carbonyl (C=O) groups is 1. The Kier molecular flexibility index (Phi) is 7.13. The third-order valence-corrected chi connectivity index (χ3v) is 5.90. The SMILES string of the molecule is Cc1nc2c(cc1CN)CN(CC(=O)c1cc(C(C)(C)C)c(O)c(C(C)(C)C)c1)C2=N.Cl. The summed E-state index contributed by atoms with van der Waals surface area (Å²) in [4.78, 5) is 19.6. The van der Waals surface area contributed by atoms with Gasteiger partial charge in [0.1, 0.15) is 17.3 Å². The van der Waals surface area contributed by atoms with Gasteiger partial charge in [0.15, 0.2) is 5.78 Å². The van der Waals surface area contributed by atoms with E-state index in [9.17, 15) is 9.90 Å². The molecule has 6 nitrogen and oxygen atoms in total. The average molecular weight is 459 g/mol. The first-order chi connectivity index (χ1) is 14.2. The maximum absolute atomic E-state index is 13.3. The summed E-state index contributed by atoms with van der Waals surface area (Å²) in [7, 11) is 0. The van der Waals surface area contributed by atoms with Crippen molar-refractivity contribution in [3.05, 3.63) is 57.4 Å². The maximum atomic E-state index is 13.3. The molecule has 0 unspecified atom stereocenters. The van der Waals surface area contributed by atoms with Crippen molar-refractivity contribution >= 4 is 24.0 Å². The zero-order valence-electron chi connectivity index (χ0n) is 20.1. The Balaban J connectivity index is 0.00000363. The number of benzene rings is 1. The Bertz CT molecular complexity index is 1030. The molecule has 1 aliphatic heterocycles. The Morgan fingerprint density at radius 1 is 1.12 bits per heavy atom. The molecule has 32 heavy (non-hydrogen) atoms. The lowest BCUT2D eigenvalue weighted by Crippen LogP contribution is -2.31. The minimum absolute atomic E-state index is 0. The van der Waals surface area contributed by atoms with Crippen LogP contribution in [0, 0.1) is 12.3 Å². The summed E-state index contributed by atoms with van der Waals surface area (Å²) in [6, 6.07) is 5.59. The van der Waals surface area contributed by atoms with E-state index in [1.807, 2.05) is 54.5 Å². The van der Waals surface area contributed by atoms with Crippen LogP contribution in [0.4, 0.5) is 0 Å². The zero-order valence-corrected chi connectivity index (χ0v) is 20.9. The fourth-order valence-electron chi connectivity index (χ4n) is 4.00. The number of nitrogens with one attached hydrogen (secondary N) is 1. The minimum atomic E-state index is -0.308. The summed E-state index contributed by atoms with van der Waals surface area (Å²) in [6.45, 7) is 15.0. The largest absolute Gasteiger partial charge is 0.507 e. The first-order valence-electron chi connectivity index (χ1n) is 10.7. The van der Waals surface area contributed by atoms with Gasteiger partial charge >= 0.3 is 0 Å². The fraction of sp³-hybridized carbons (Fsp3) is 0.480. The van der Waals surface area contributed by atoms with Crippen molar-refractivity contribution in [3.8, 4) is 5.75 Å². The van der Waals surface area contributed by atoms with Crippen LogP contribution in [0.3, 0.4) is 0 Å². The number of hydrogen-bond donors (Lipinski definition) is 3. The summed E-state index contributed by atoms with van der Waals surface area (Å²) in [5.74, 6) is 0.442. The Hall–Kier alpha value is -2.44. The number of nitrogens with zero attached hydrogens (tertiary/aromatic N) is 2. The standard InChI is InChI=1S/C25H34N4O2.ClH/c1-14-16(11-26)8-17-12-29(23(27)21(17)28-14)13-20(30)15-9-18(24(2,3)4)22(31)19(10-15)25(5,6)7;/h8-10,27,31H,11-13,26H2,1-7H3;1H. The summed E-state index contributed by atoms with van der Waals surface area (Å²) < 4.78 is 0. The van der Waals surface area contributed by atoms with E-state index in [-0.39, 0.29) is 47.2 Å². The number of Topliss-reactive ketones (excluding diaryl/α,β-unsaturated/α-hetero) is 1. The second-order valence-corrected chi connectivity index (χ2v) is 10.5. The predicted octanol–water partition coefficient (Wildman–Crippen LogP) is 4.59. The van der Waals surface area contributed by atoms with E-state index >= 15 is 0 Å². The predicted molar refractivity (Wildman–Crippen MR) is 131 cm³/mol. The van der Waals surface area contributed by atoms with Gasteiger partial charge in [-0.25, -0.2) is 4.98 Å². The molecule has 0 fully saturated rings. The van der Waals surface area contributed by atoms with E-state index in [2.05, 4.69) is 4.98 Å². The molecule has 0 bridgehead atoms. The molecule has 1 aromatic carbocycles. The number of aromatic hydroxyl groups is 1. The lowest BCUT2D eigenvalue weighted by atomic mass is 9.78. The molecule has 2 heterocycles. The summed E-state index contributed by atoms with van der Waals surface area (Å²) in [6.07, 6.45) is 0. The van der Waals surface area contributed by atoms with Gasteiger partial charge in [0, 0.05) is 41.0 Å². The molecular formula is C25H35ClN4O2. The first-order valence-corrected chi connectivity index (χ1v) is 10.7. The molecule has 2 aromatic rings. The van der Waals surface area contributed by atoms with Gasteiger partial charge < -0.3 is 15.7 Å². The van der Waals surface area contributed by atoms with E-state index in [1.54, 1.807) is 17.0 Å². The lowest BCUT2D eigenvalue weighted by Gasteiger charge is -2.28. The molecule has 0 atom stereocenters. The van der Waals surface area contributed by atoms with Crippen molar-refractivity contribution in [2.24, 2.45) is 5.73 Å². The van der Waals surface area contributed by atoms with Crippen LogP contribution in [0.5, 0.6) is 5.75 Å². The zero-order chi connectivity index (χ0) is 23.3.